The van der Waals surface area contributed by atoms with E-state index in [4.69, 9.17) is 99.0 Å². The summed E-state index contributed by atoms with van der Waals surface area (Å²) in [6.45, 7) is 0. The predicted molar refractivity (Wildman–Crippen MR) is 78.9 cm³/mol. The zero-order valence-corrected chi connectivity index (χ0v) is 14.0. The van der Waals surface area contributed by atoms with Gasteiger partial charge in [0, 0.05) is 0 Å². The van der Waals surface area contributed by atoms with Crippen LogP contribution >= 0.6 is 0 Å². The third-order valence-electron chi connectivity index (χ3n) is 0.915. The zero-order chi connectivity index (χ0) is 25.8. The van der Waals surface area contributed by atoms with E-state index >= 15 is 0 Å². The first-order chi connectivity index (χ1) is 13.2. The molecule has 178 valence electrons. The monoisotopic (exact) mass is 470 g/mol. The minimum Gasteiger partial charge on any atom is -0.473 e. The van der Waals surface area contributed by atoms with Crippen LogP contribution in [0.2, 0.25) is 0 Å². The molecule has 0 aromatic carbocycles. The molecule has 0 rings (SSSR count). The van der Waals surface area contributed by atoms with Gasteiger partial charge in [-0.25, -0.2) is 47.9 Å². The third kappa shape index (κ3) is 58.9. The van der Waals surface area contributed by atoms with E-state index in [1.807, 2.05) is 0 Å². The molecule has 0 radical (unpaired) electrons. The van der Waals surface area contributed by atoms with Crippen LogP contribution in [0.3, 0.4) is 0 Å². The highest BCUT2D eigenvalue weighted by molar-refractivity contribution is 6.28. The highest BCUT2D eigenvalue weighted by Gasteiger charge is 2.05. The van der Waals surface area contributed by atoms with Crippen molar-refractivity contribution >= 4 is 59.7 Å². The van der Waals surface area contributed by atoms with Crippen molar-refractivity contribution in [3.63, 3.8) is 0 Å². The van der Waals surface area contributed by atoms with Gasteiger partial charge in [0.05, 0.1) is 0 Å². The van der Waals surface area contributed by atoms with Crippen LogP contribution in [0, 0.1) is 0 Å². The number of hydrogen-bond acceptors (Lipinski definition) is 10. The fraction of sp³-hybridized carbons (Fsp3) is 0. The van der Waals surface area contributed by atoms with Crippen LogP contribution < -0.4 is 0 Å². The molecule has 0 unspecified atom stereocenters. The summed E-state index contributed by atoms with van der Waals surface area (Å²) in [7, 11) is 0. The van der Waals surface area contributed by atoms with Gasteiger partial charge in [-0.05, 0) is 0 Å². The number of aliphatic carboxylic acids is 10. The highest BCUT2D eigenvalue weighted by atomic mass is 19.0. The second kappa shape index (κ2) is 22.7. The second-order valence-corrected chi connectivity index (χ2v) is 3.05. The summed E-state index contributed by atoms with van der Waals surface area (Å²) in [4.78, 5) is 91.0. The maximum absolute atomic E-state index is 9.10. The molecule has 0 bridgehead atoms. The lowest BCUT2D eigenvalue weighted by Crippen LogP contribution is -2.09. The Labute approximate surface area is 164 Å². The van der Waals surface area contributed by atoms with Crippen molar-refractivity contribution in [3.8, 4) is 0 Å². The van der Waals surface area contributed by atoms with Crippen LogP contribution in [0.25, 0.3) is 0 Å². The van der Waals surface area contributed by atoms with E-state index in [2.05, 4.69) is 0 Å². The summed E-state index contributed by atoms with van der Waals surface area (Å²) in [5.74, 6) is -18.2. The first-order valence-corrected chi connectivity index (χ1v) is 5.53. The fourth-order valence-electron chi connectivity index (χ4n) is 0. The average molecular weight is 470 g/mol. The third-order valence-corrected chi connectivity index (χ3v) is 0.915. The van der Waals surface area contributed by atoms with E-state index in [1.54, 1.807) is 0 Å². The lowest BCUT2D eigenvalue weighted by molar-refractivity contribution is -0.159. The molecule has 0 saturated heterocycles. The van der Waals surface area contributed by atoms with Crippen LogP contribution in [-0.2, 0) is 47.9 Å². The molecule has 0 amide bonds. The zero-order valence-electron chi connectivity index (χ0n) is 14.0. The largest absolute Gasteiger partial charge is 0.473 e. The lowest BCUT2D eigenvalue weighted by atomic mass is 10.7. The number of halogens is 1. The fourth-order valence-corrected chi connectivity index (χ4v) is 0. The van der Waals surface area contributed by atoms with Gasteiger partial charge in [0.1, 0.15) is 0 Å². The van der Waals surface area contributed by atoms with Crippen molar-refractivity contribution in [2.75, 3.05) is 0 Å². The van der Waals surface area contributed by atoms with Crippen LogP contribution in [0.15, 0.2) is 0 Å². The quantitative estimate of drug-likeness (QED) is 0.150. The molecule has 0 heterocycles. The number of carbonyl (C=O) groups is 10. The van der Waals surface area contributed by atoms with Gasteiger partial charge in [0.2, 0.25) is 0 Å². The van der Waals surface area contributed by atoms with E-state index < -0.39 is 59.7 Å². The van der Waals surface area contributed by atoms with Crippen molar-refractivity contribution in [1.82, 2.24) is 0 Å². The topological polar surface area (TPSA) is 373 Å². The summed E-state index contributed by atoms with van der Waals surface area (Å²) in [5.41, 5.74) is 0. The molecule has 10 N–H and O–H groups in total. The van der Waals surface area contributed by atoms with Crippen molar-refractivity contribution in [2.45, 2.75) is 0 Å². The normalized spacial score (nSPS) is 7.10. The van der Waals surface area contributed by atoms with Gasteiger partial charge in [-0.1, -0.05) is 0 Å². The maximum atomic E-state index is 9.10. The maximum Gasteiger partial charge on any atom is 0.414 e. The van der Waals surface area contributed by atoms with E-state index in [1.165, 1.54) is 0 Å². The molecule has 0 spiro atoms. The van der Waals surface area contributed by atoms with Gasteiger partial charge < -0.3 is 51.1 Å². The molecule has 0 aliphatic carbocycles. The molecule has 0 fully saturated rings. The minimum absolute atomic E-state index is 0. The Morgan fingerprint density at radius 3 is 0.258 bits per heavy atom. The Hall–Kier alpha value is -5.37. The number of rotatable bonds is 0. The Kier molecular flexibility index (Phi) is 29.5. The molecule has 0 aliphatic heterocycles. The number of hydrogen-bond donors (Lipinski definition) is 10. The van der Waals surface area contributed by atoms with Gasteiger partial charge in [0.15, 0.2) is 0 Å². The smallest absolute Gasteiger partial charge is 0.414 e. The number of carboxylic acids is 10. The first-order valence-electron chi connectivity index (χ1n) is 5.53. The van der Waals surface area contributed by atoms with Gasteiger partial charge in [-0.3, -0.25) is 4.70 Å². The van der Waals surface area contributed by atoms with Gasteiger partial charge in [-0.2, -0.15) is 0 Å². The summed E-state index contributed by atoms with van der Waals surface area (Å²) in [5, 5.41) is 73.9. The average Bonchev–Trinajstić information content (AvgIpc) is 2.56. The van der Waals surface area contributed by atoms with E-state index in [9.17, 15) is 0 Å². The van der Waals surface area contributed by atoms with Gasteiger partial charge in [0.25, 0.3) is 0 Å². The van der Waals surface area contributed by atoms with Crippen molar-refractivity contribution in [3.05, 3.63) is 0 Å². The van der Waals surface area contributed by atoms with E-state index in [0.717, 1.165) is 0 Å². The molecule has 0 atom stereocenters. The van der Waals surface area contributed by atoms with Crippen LogP contribution in [0.4, 0.5) is 4.70 Å². The number of carboxylic acid groups (broad SMARTS) is 10. The SMILES string of the molecule is F.O=C(O)C(=O)O.O=C(O)C(=O)O.O=C(O)C(=O)O.O=C(O)C(=O)O.O=C(O)C(=O)O. The van der Waals surface area contributed by atoms with E-state index in [0.29, 0.717) is 0 Å². The van der Waals surface area contributed by atoms with Crippen LogP contribution in [-0.4, -0.2) is 111 Å². The Morgan fingerprint density at radius 2 is 0.258 bits per heavy atom. The molecule has 21 heteroatoms. The molecule has 0 aliphatic rings. The first kappa shape index (κ1) is 40.3. The Morgan fingerprint density at radius 1 is 0.226 bits per heavy atom. The lowest BCUT2D eigenvalue weighted by Gasteiger charge is -1.72. The molecular formula is C10H11FO20. The second-order valence-electron chi connectivity index (χ2n) is 3.05. The summed E-state index contributed by atoms with van der Waals surface area (Å²) in [6.07, 6.45) is 0. The van der Waals surface area contributed by atoms with Crippen molar-refractivity contribution < 1.29 is 104 Å². The van der Waals surface area contributed by atoms with Crippen molar-refractivity contribution in [2.24, 2.45) is 0 Å². The predicted octanol–water partition coefficient (Wildman–Crippen LogP) is -4.07. The minimum atomic E-state index is -1.82. The summed E-state index contributed by atoms with van der Waals surface area (Å²) < 4.78 is 0. The summed E-state index contributed by atoms with van der Waals surface area (Å²) >= 11 is 0. The van der Waals surface area contributed by atoms with Crippen molar-refractivity contribution in [1.29, 1.82) is 0 Å². The van der Waals surface area contributed by atoms with Gasteiger partial charge >= 0.3 is 59.7 Å². The standard InChI is InChI=1S/5C2H2O4.FH/c5*3-1(4)2(5)6;/h5*(H,3,4)(H,5,6);1H. The Balaban J connectivity index is -0.0000000625. The molecular weight excluding hydrogens is 459 g/mol. The van der Waals surface area contributed by atoms with E-state index in [-0.39, 0.29) is 4.70 Å². The molecule has 20 nitrogen and oxygen atoms in total. The molecule has 0 saturated carbocycles. The Bertz CT molecular complexity index is 503. The highest BCUT2D eigenvalue weighted by Crippen LogP contribution is 1.58. The van der Waals surface area contributed by atoms with Crippen LogP contribution in [0.5, 0.6) is 0 Å². The summed E-state index contributed by atoms with van der Waals surface area (Å²) in [6, 6.07) is 0. The van der Waals surface area contributed by atoms with Gasteiger partial charge in [-0.15, -0.1) is 0 Å². The van der Waals surface area contributed by atoms with Crippen LogP contribution in [0.1, 0.15) is 0 Å². The molecule has 0 aromatic rings. The molecule has 31 heavy (non-hydrogen) atoms. The molecule has 0 aromatic heterocycles.